The zero-order chi connectivity index (χ0) is 13.0. The third-order valence-electron chi connectivity index (χ3n) is 4.10. The minimum absolute atomic E-state index is 0.00880. The molecule has 0 saturated carbocycles. The standard InChI is InChI=1S/C13H24N2O3/c1-10(11-4-3-9-18-11)15-12(16)13(17-2)5-7-14-8-6-13/h10-11,14H,3-9H2,1-2H3,(H,15,16). The van der Waals surface area contributed by atoms with Crippen LogP contribution in [-0.4, -0.2) is 50.5 Å². The van der Waals surface area contributed by atoms with Crippen LogP contribution < -0.4 is 10.6 Å². The summed E-state index contributed by atoms with van der Waals surface area (Å²) in [6, 6.07) is 0.0573. The van der Waals surface area contributed by atoms with Crippen molar-refractivity contribution in [2.75, 3.05) is 26.8 Å². The molecule has 2 aliphatic rings. The van der Waals surface area contributed by atoms with E-state index in [1.165, 1.54) is 0 Å². The quantitative estimate of drug-likeness (QED) is 0.766. The van der Waals surface area contributed by atoms with Crippen LogP contribution in [0, 0.1) is 0 Å². The Bertz CT molecular complexity index is 284. The van der Waals surface area contributed by atoms with Crippen molar-refractivity contribution in [1.82, 2.24) is 10.6 Å². The summed E-state index contributed by atoms with van der Waals surface area (Å²) in [7, 11) is 1.63. The number of carbonyl (C=O) groups is 1. The average Bonchev–Trinajstić information content (AvgIpc) is 2.93. The summed E-state index contributed by atoms with van der Waals surface area (Å²) in [4.78, 5) is 12.4. The Morgan fingerprint density at radius 3 is 2.78 bits per heavy atom. The molecular formula is C13H24N2O3. The van der Waals surface area contributed by atoms with Crippen LogP contribution in [-0.2, 0) is 14.3 Å². The number of rotatable bonds is 4. The Morgan fingerprint density at radius 1 is 1.50 bits per heavy atom. The van der Waals surface area contributed by atoms with Gasteiger partial charge in [-0.3, -0.25) is 4.79 Å². The van der Waals surface area contributed by atoms with Crippen LogP contribution in [0.3, 0.4) is 0 Å². The van der Waals surface area contributed by atoms with Crippen LogP contribution in [0.25, 0.3) is 0 Å². The summed E-state index contributed by atoms with van der Waals surface area (Å²) in [6.07, 6.45) is 3.73. The molecule has 104 valence electrons. The van der Waals surface area contributed by atoms with Gasteiger partial charge in [-0.1, -0.05) is 0 Å². The number of ether oxygens (including phenoxy) is 2. The lowest BCUT2D eigenvalue weighted by molar-refractivity contribution is -0.148. The van der Waals surface area contributed by atoms with E-state index in [9.17, 15) is 4.79 Å². The second-order valence-electron chi connectivity index (χ2n) is 5.26. The predicted octanol–water partition coefficient (Wildman–Crippen LogP) is 0.439. The SMILES string of the molecule is COC1(C(=O)NC(C)C2CCCO2)CCNCC1. The third-order valence-corrected chi connectivity index (χ3v) is 4.10. The summed E-state index contributed by atoms with van der Waals surface area (Å²) in [5, 5.41) is 6.32. The van der Waals surface area contributed by atoms with Crippen molar-refractivity contribution in [2.45, 2.75) is 50.4 Å². The molecule has 2 rings (SSSR count). The van der Waals surface area contributed by atoms with Gasteiger partial charge >= 0.3 is 0 Å². The van der Waals surface area contributed by atoms with E-state index in [2.05, 4.69) is 10.6 Å². The largest absolute Gasteiger partial charge is 0.376 e. The second-order valence-corrected chi connectivity index (χ2v) is 5.26. The van der Waals surface area contributed by atoms with Crippen molar-refractivity contribution in [3.63, 3.8) is 0 Å². The Hall–Kier alpha value is -0.650. The molecular weight excluding hydrogens is 232 g/mol. The highest BCUT2D eigenvalue weighted by atomic mass is 16.5. The highest BCUT2D eigenvalue weighted by Gasteiger charge is 2.40. The molecule has 2 fully saturated rings. The van der Waals surface area contributed by atoms with E-state index >= 15 is 0 Å². The van der Waals surface area contributed by atoms with Crippen molar-refractivity contribution in [2.24, 2.45) is 0 Å². The Morgan fingerprint density at radius 2 is 2.22 bits per heavy atom. The van der Waals surface area contributed by atoms with E-state index in [0.29, 0.717) is 0 Å². The van der Waals surface area contributed by atoms with E-state index in [1.54, 1.807) is 7.11 Å². The number of piperidine rings is 1. The van der Waals surface area contributed by atoms with Crippen LogP contribution in [0.1, 0.15) is 32.6 Å². The molecule has 0 aromatic heterocycles. The van der Waals surface area contributed by atoms with Gasteiger partial charge in [-0.2, -0.15) is 0 Å². The van der Waals surface area contributed by atoms with Crippen molar-refractivity contribution in [3.05, 3.63) is 0 Å². The average molecular weight is 256 g/mol. The lowest BCUT2D eigenvalue weighted by Crippen LogP contribution is -2.57. The predicted molar refractivity (Wildman–Crippen MR) is 68.4 cm³/mol. The van der Waals surface area contributed by atoms with Gasteiger partial charge < -0.3 is 20.1 Å². The first-order valence-electron chi connectivity index (χ1n) is 6.86. The fourth-order valence-corrected chi connectivity index (χ4v) is 2.78. The number of hydrogen-bond acceptors (Lipinski definition) is 4. The summed E-state index contributed by atoms with van der Waals surface area (Å²) in [5.41, 5.74) is -0.655. The highest BCUT2D eigenvalue weighted by molar-refractivity contribution is 5.85. The summed E-state index contributed by atoms with van der Waals surface area (Å²) in [5.74, 6) is 0.00880. The normalized spacial score (nSPS) is 28.9. The monoisotopic (exact) mass is 256 g/mol. The lowest BCUT2D eigenvalue weighted by Gasteiger charge is -2.36. The first-order chi connectivity index (χ1) is 8.68. The third kappa shape index (κ3) is 2.84. The van der Waals surface area contributed by atoms with Crippen molar-refractivity contribution >= 4 is 5.91 Å². The van der Waals surface area contributed by atoms with E-state index in [4.69, 9.17) is 9.47 Å². The molecule has 5 heteroatoms. The van der Waals surface area contributed by atoms with Crippen LogP contribution in [0.4, 0.5) is 0 Å². The molecule has 18 heavy (non-hydrogen) atoms. The van der Waals surface area contributed by atoms with Gasteiger partial charge in [0.25, 0.3) is 5.91 Å². The molecule has 2 heterocycles. The van der Waals surface area contributed by atoms with Crippen LogP contribution in [0.5, 0.6) is 0 Å². The molecule has 5 nitrogen and oxygen atoms in total. The molecule has 2 saturated heterocycles. The van der Waals surface area contributed by atoms with E-state index < -0.39 is 5.60 Å². The van der Waals surface area contributed by atoms with Gasteiger partial charge in [0.2, 0.25) is 0 Å². The molecule has 0 spiro atoms. The number of amides is 1. The minimum atomic E-state index is -0.655. The molecule has 0 aromatic carbocycles. The number of methoxy groups -OCH3 is 1. The molecule has 2 atom stereocenters. The molecule has 2 unspecified atom stereocenters. The maximum atomic E-state index is 12.4. The summed E-state index contributed by atoms with van der Waals surface area (Å²) in [6.45, 7) is 4.48. The zero-order valence-corrected chi connectivity index (χ0v) is 11.3. The van der Waals surface area contributed by atoms with Crippen LogP contribution in [0.2, 0.25) is 0 Å². The van der Waals surface area contributed by atoms with Crippen molar-refractivity contribution in [3.8, 4) is 0 Å². The number of hydrogen-bond donors (Lipinski definition) is 2. The molecule has 2 N–H and O–H groups in total. The van der Waals surface area contributed by atoms with Gasteiger partial charge in [0, 0.05) is 13.7 Å². The van der Waals surface area contributed by atoms with Crippen molar-refractivity contribution in [1.29, 1.82) is 0 Å². The fraction of sp³-hybridized carbons (Fsp3) is 0.923. The highest BCUT2D eigenvalue weighted by Crippen LogP contribution is 2.23. The first-order valence-corrected chi connectivity index (χ1v) is 6.86. The second kappa shape index (κ2) is 5.99. The zero-order valence-electron chi connectivity index (χ0n) is 11.3. The maximum absolute atomic E-state index is 12.4. The smallest absolute Gasteiger partial charge is 0.252 e. The lowest BCUT2D eigenvalue weighted by atomic mass is 9.90. The Balaban J connectivity index is 1.92. The summed E-state index contributed by atoms with van der Waals surface area (Å²) < 4.78 is 11.1. The molecule has 1 amide bonds. The minimum Gasteiger partial charge on any atom is -0.376 e. The van der Waals surface area contributed by atoms with E-state index in [0.717, 1.165) is 45.4 Å². The molecule has 0 aliphatic carbocycles. The van der Waals surface area contributed by atoms with E-state index in [-0.39, 0.29) is 18.1 Å². The van der Waals surface area contributed by atoms with Gasteiger partial charge in [0.1, 0.15) is 5.60 Å². The number of nitrogens with one attached hydrogen (secondary N) is 2. The maximum Gasteiger partial charge on any atom is 0.252 e. The number of carbonyl (C=O) groups excluding carboxylic acids is 1. The molecule has 2 aliphatic heterocycles. The van der Waals surface area contributed by atoms with Gasteiger partial charge in [-0.15, -0.1) is 0 Å². The summed E-state index contributed by atoms with van der Waals surface area (Å²) >= 11 is 0. The first kappa shape index (κ1) is 13.8. The molecule has 0 radical (unpaired) electrons. The van der Waals surface area contributed by atoms with Crippen LogP contribution >= 0.6 is 0 Å². The molecule has 0 aromatic rings. The Kier molecular flexibility index (Phi) is 4.59. The topological polar surface area (TPSA) is 59.6 Å². The van der Waals surface area contributed by atoms with Crippen molar-refractivity contribution < 1.29 is 14.3 Å². The van der Waals surface area contributed by atoms with Gasteiger partial charge in [0.05, 0.1) is 12.1 Å². The van der Waals surface area contributed by atoms with Gasteiger partial charge in [0.15, 0.2) is 0 Å². The fourth-order valence-electron chi connectivity index (χ4n) is 2.78. The van der Waals surface area contributed by atoms with Gasteiger partial charge in [-0.05, 0) is 45.7 Å². The van der Waals surface area contributed by atoms with Crippen LogP contribution in [0.15, 0.2) is 0 Å². The Labute approximate surface area is 109 Å². The van der Waals surface area contributed by atoms with E-state index in [1.807, 2.05) is 6.92 Å². The molecule has 0 bridgehead atoms. The van der Waals surface area contributed by atoms with Gasteiger partial charge in [-0.25, -0.2) is 0 Å².